The maximum Gasteiger partial charge on any atom is 0.324 e. The molecule has 0 bridgehead atoms. The Morgan fingerprint density at radius 3 is 2.30 bits per heavy atom. The van der Waals surface area contributed by atoms with Gasteiger partial charge in [-0.05, 0) is 44.2 Å². The number of carbonyl (C=O) groups excluding carboxylic acids is 2. The topological polar surface area (TPSA) is 101 Å². The van der Waals surface area contributed by atoms with E-state index in [4.69, 9.17) is 9.84 Å². The molecule has 1 saturated heterocycles. The molecule has 0 unspecified atom stereocenters. The van der Waals surface area contributed by atoms with Crippen LogP contribution in [0.5, 0.6) is 5.88 Å². The number of hydrogen-bond acceptors (Lipinski definition) is 5. The molecule has 0 saturated carbocycles. The molecule has 2 aromatic heterocycles. The molecule has 9 nitrogen and oxygen atoms in total. The molecule has 2 N–H and O–H groups in total. The van der Waals surface area contributed by atoms with Crippen molar-refractivity contribution in [2.75, 3.05) is 23.7 Å². The zero-order chi connectivity index (χ0) is 30.7. The number of likely N-dealkylation sites (tertiary alicyclic amines) is 1. The average Bonchev–Trinajstić information content (AvgIpc) is 3.39. The van der Waals surface area contributed by atoms with Crippen LogP contribution >= 0.6 is 0 Å². The Balaban J connectivity index is 1.20. The predicted octanol–water partition coefficient (Wildman–Crippen LogP) is 6.65. The van der Waals surface area contributed by atoms with E-state index in [1.807, 2.05) is 37.3 Å². The molecular formula is C33H37FN6O3. The van der Waals surface area contributed by atoms with Crippen LogP contribution in [0.15, 0.2) is 66.7 Å². The molecule has 2 aromatic carbocycles. The first-order chi connectivity index (χ1) is 20.5. The molecule has 0 radical (unpaired) electrons. The fraction of sp³-hybridized carbons (Fsp3) is 0.333. The zero-order valence-corrected chi connectivity index (χ0v) is 25.1. The molecule has 1 aliphatic heterocycles. The molecule has 1 fully saturated rings. The number of amides is 3. The minimum atomic E-state index is -0.514. The third-order valence-electron chi connectivity index (χ3n) is 7.43. The highest BCUT2D eigenvalue weighted by Crippen LogP contribution is 2.27. The lowest BCUT2D eigenvalue weighted by atomic mass is 9.92. The fourth-order valence-electron chi connectivity index (χ4n) is 4.88. The minimum absolute atomic E-state index is 0.0838. The van der Waals surface area contributed by atoms with Crippen molar-refractivity contribution >= 4 is 23.4 Å². The summed E-state index contributed by atoms with van der Waals surface area (Å²) in [7, 11) is 0. The number of anilines is 2. The second kappa shape index (κ2) is 12.2. The van der Waals surface area contributed by atoms with Gasteiger partial charge in [-0.1, -0.05) is 50.6 Å². The molecular weight excluding hydrogens is 547 g/mol. The molecule has 1 aliphatic rings. The van der Waals surface area contributed by atoms with Crippen LogP contribution in [0, 0.1) is 19.7 Å². The molecule has 0 atom stereocenters. The molecule has 43 heavy (non-hydrogen) atoms. The molecule has 3 amide bonds. The number of pyridine rings is 1. The Morgan fingerprint density at radius 2 is 1.65 bits per heavy atom. The van der Waals surface area contributed by atoms with E-state index in [1.54, 1.807) is 40.8 Å². The highest BCUT2D eigenvalue weighted by atomic mass is 19.1. The summed E-state index contributed by atoms with van der Waals surface area (Å²) in [6.07, 6.45) is 1.08. The van der Waals surface area contributed by atoms with Gasteiger partial charge in [0.05, 0.1) is 28.3 Å². The van der Waals surface area contributed by atoms with E-state index >= 15 is 0 Å². The first-order valence-corrected chi connectivity index (χ1v) is 14.4. The summed E-state index contributed by atoms with van der Waals surface area (Å²) < 4.78 is 21.9. The van der Waals surface area contributed by atoms with Crippen LogP contribution in [-0.4, -0.2) is 50.8 Å². The lowest BCUT2D eigenvalue weighted by Crippen LogP contribution is -2.42. The molecule has 3 heterocycles. The van der Waals surface area contributed by atoms with Crippen molar-refractivity contribution in [3.05, 3.63) is 95.1 Å². The SMILES string of the molecule is Cc1ccc(-n2nc(C(C)(C)C)cc2NC(=O)Nc2ccc(OC3CCN(C(=O)c4ccccc4F)CC3)nc2C)cc1. The quantitative estimate of drug-likeness (QED) is 0.264. The average molecular weight is 585 g/mol. The van der Waals surface area contributed by atoms with Gasteiger partial charge in [-0.2, -0.15) is 5.10 Å². The Labute approximate surface area is 251 Å². The lowest BCUT2D eigenvalue weighted by Gasteiger charge is -2.32. The largest absolute Gasteiger partial charge is 0.474 e. The van der Waals surface area contributed by atoms with Gasteiger partial charge in [0, 0.05) is 43.5 Å². The number of piperidine rings is 1. The van der Waals surface area contributed by atoms with Crippen molar-refractivity contribution in [2.24, 2.45) is 0 Å². The highest BCUT2D eigenvalue weighted by Gasteiger charge is 2.27. The standard InChI is InChI=1S/C33H37FN6O3/c1-21-10-12-23(13-11-21)40-29(20-28(38-40)33(3,4)5)37-32(42)36-27-14-15-30(35-22(27)2)43-24-16-18-39(19-17-24)31(41)25-8-6-7-9-26(25)34/h6-15,20,24H,16-19H2,1-5H3,(H2,36,37,42). The van der Waals surface area contributed by atoms with E-state index in [9.17, 15) is 14.0 Å². The monoisotopic (exact) mass is 584 g/mol. The van der Waals surface area contributed by atoms with Gasteiger partial charge < -0.3 is 15.0 Å². The van der Waals surface area contributed by atoms with Crippen molar-refractivity contribution < 1.29 is 18.7 Å². The van der Waals surface area contributed by atoms with Gasteiger partial charge in [0.1, 0.15) is 17.7 Å². The first-order valence-electron chi connectivity index (χ1n) is 14.4. The highest BCUT2D eigenvalue weighted by molar-refractivity contribution is 5.99. The summed E-state index contributed by atoms with van der Waals surface area (Å²) in [6, 6.07) is 18.9. The van der Waals surface area contributed by atoms with E-state index in [2.05, 4.69) is 36.4 Å². The number of carbonyl (C=O) groups is 2. The maximum atomic E-state index is 14.0. The number of aromatic nitrogens is 3. The normalized spacial score (nSPS) is 14.0. The Morgan fingerprint density at radius 1 is 0.953 bits per heavy atom. The van der Waals surface area contributed by atoms with Gasteiger partial charge in [0.2, 0.25) is 5.88 Å². The Hall–Kier alpha value is -4.73. The molecule has 5 rings (SSSR count). The van der Waals surface area contributed by atoms with Crippen molar-refractivity contribution in [1.82, 2.24) is 19.7 Å². The van der Waals surface area contributed by atoms with Crippen LogP contribution in [0.2, 0.25) is 0 Å². The van der Waals surface area contributed by atoms with Crippen LogP contribution in [0.1, 0.15) is 60.9 Å². The number of aryl methyl sites for hydroxylation is 2. The van der Waals surface area contributed by atoms with Gasteiger partial charge >= 0.3 is 6.03 Å². The molecule has 0 spiro atoms. The zero-order valence-electron chi connectivity index (χ0n) is 25.1. The third-order valence-corrected chi connectivity index (χ3v) is 7.43. The summed E-state index contributed by atoms with van der Waals surface area (Å²) in [4.78, 5) is 32.0. The van der Waals surface area contributed by atoms with Gasteiger partial charge in [-0.25, -0.2) is 18.9 Å². The second-order valence-corrected chi connectivity index (χ2v) is 11.9. The second-order valence-electron chi connectivity index (χ2n) is 11.9. The predicted molar refractivity (Wildman–Crippen MR) is 165 cm³/mol. The van der Waals surface area contributed by atoms with Crippen molar-refractivity contribution in [3.8, 4) is 11.6 Å². The number of nitrogens with zero attached hydrogens (tertiary/aromatic N) is 4. The van der Waals surface area contributed by atoms with E-state index in [-0.39, 0.29) is 23.0 Å². The van der Waals surface area contributed by atoms with Crippen LogP contribution in [-0.2, 0) is 5.41 Å². The van der Waals surface area contributed by atoms with Gasteiger partial charge in [-0.15, -0.1) is 0 Å². The van der Waals surface area contributed by atoms with Crippen LogP contribution in [0.25, 0.3) is 5.69 Å². The first kappa shape index (κ1) is 29.8. The molecule has 224 valence electrons. The Bertz CT molecular complexity index is 1620. The van der Waals surface area contributed by atoms with Gasteiger partial charge in [-0.3, -0.25) is 10.1 Å². The number of nitrogens with one attached hydrogen (secondary N) is 2. The van der Waals surface area contributed by atoms with E-state index in [1.165, 1.54) is 12.1 Å². The van der Waals surface area contributed by atoms with Gasteiger partial charge in [0.15, 0.2) is 0 Å². The van der Waals surface area contributed by atoms with E-state index < -0.39 is 11.8 Å². The van der Waals surface area contributed by atoms with Crippen LogP contribution in [0.3, 0.4) is 0 Å². The summed E-state index contributed by atoms with van der Waals surface area (Å²) in [5, 5.41) is 10.6. The smallest absolute Gasteiger partial charge is 0.324 e. The van der Waals surface area contributed by atoms with E-state index in [0.717, 1.165) is 16.9 Å². The fourth-order valence-corrected chi connectivity index (χ4v) is 4.88. The van der Waals surface area contributed by atoms with Crippen LogP contribution < -0.4 is 15.4 Å². The van der Waals surface area contributed by atoms with Crippen molar-refractivity contribution in [2.45, 2.75) is 59.0 Å². The number of urea groups is 1. The summed E-state index contributed by atoms with van der Waals surface area (Å²) in [5.74, 6) is 0.168. The van der Waals surface area contributed by atoms with E-state index in [0.29, 0.717) is 49.0 Å². The number of hydrogen-bond donors (Lipinski definition) is 2. The Kier molecular flexibility index (Phi) is 8.47. The number of benzene rings is 2. The molecule has 10 heteroatoms. The summed E-state index contributed by atoms with van der Waals surface area (Å²) in [5.41, 5.74) is 3.86. The summed E-state index contributed by atoms with van der Waals surface area (Å²) in [6.45, 7) is 11.0. The number of halogens is 1. The molecule has 4 aromatic rings. The maximum absolute atomic E-state index is 14.0. The van der Waals surface area contributed by atoms with Crippen molar-refractivity contribution in [1.29, 1.82) is 0 Å². The number of ether oxygens (including phenoxy) is 1. The third kappa shape index (κ3) is 7.02. The minimum Gasteiger partial charge on any atom is -0.474 e. The van der Waals surface area contributed by atoms with Crippen molar-refractivity contribution in [3.63, 3.8) is 0 Å². The van der Waals surface area contributed by atoms with Gasteiger partial charge in [0.25, 0.3) is 5.91 Å². The lowest BCUT2D eigenvalue weighted by molar-refractivity contribution is 0.0583. The number of rotatable bonds is 6. The summed E-state index contributed by atoms with van der Waals surface area (Å²) >= 11 is 0. The molecule has 0 aliphatic carbocycles. The van der Waals surface area contributed by atoms with Crippen LogP contribution in [0.4, 0.5) is 20.7 Å².